The first-order valence-electron chi connectivity index (χ1n) is 14.3. The Kier molecular flexibility index (Phi) is 8.15. The van der Waals surface area contributed by atoms with Crippen molar-refractivity contribution in [2.24, 2.45) is 0 Å². The zero-order chi connectivity index (χ0) is 29.3. The molecule has 0 spiro atoms. The first kappa shape index (κ1) is 28.4. The third-order valence-electron chi connectivity index (χ3n) is 8.37. The summed E-state index contributed by atoms with van der Waals surface area (Å²) < 4.78 is 8.12. The van der Waals surface area contributed by atoms with Crippen molar-refractivity contribution in [3.8, 4) is 16.9 Å². The quantitative estimate of drug-likeness (QED) is 0.463. The van der Waals surface area contributed by atoms with Gasteiger partial charge in [0.2, 0.25) is 11.8 Å². The Morgan fingerprint density at radius 3 is 2.34 bits per heavy atom. The number of ether oxygens (including phenoxy) is 1. The van der Waals surface area contributed by atoms with Crippen LogP contribution in [0.4, 0.5) is 0 Å². The fourth-order valence-electron chi connectivity index (χ4n) is 6.17. The SMILES string of the molecule is COc1c(C)cccc1-c1cn(CC(=O)N2CCC(N3CCc4ccccc4CC3=O)CC2)c(=O)n(C(C)C)c1=O. The molecule has 216 valence electrons. The Morgan fingerprint density at radius 2 is 1.66 bits per heavy atom. The van der Waals surface area contributed by atoms with Gasteiger partial charge in [0, 0.05) is 43.5 Å². The summed E-state index contributed by atoms with van der Waals surface area (Å²) in [5.41, 5.74) is 3.16. The largest absolute Gasteiger partial charge is 0.496 e. The molecule has 2 aliphatic heterocycles. The van der Waals surface area contributed by atoms with E-state index in [-0.39, 0.29) is 30.4 Å². The second-order valence-electron chi connectivity index (χ2n) is 11.3. The van der Waals surface area contributed by atoms with Gasteiger partial charge < -0.3 is 14.5 Å². The number of hydrogen-bond donors (Lipinski definition) is 0. The molecule has 0 atom stereocenters. The predicted octanol–water partition coefficient (Wildman–Crippen LogP) is 3.19. The van der Waals surface area contributed by atoms with E-state index in [0.29, 0.717) is 55.8 Å². The summed E-state index contributed by atoms with van der Waals surface area (Å²) in [5.74, 6) is 0.516. The maximum absolute atomic E-state index is 13.4. The number of aromatic nitrogens is 2. The summed E-state index contributed by atoms with van der Waals surface area (Å²) in [6, 6.07) is 13.3. The minimum Gasteiger partial charge on any atom is -0.496 e. The number of hydrogen-bond acceptors (Lipinski definition) is 5. The smallest absolute Gasteiger partial charge is 0.331 e. The first-order valence-corrected chi connectivity index (χ1v) is 14.3. The average molecular weight is 559 g/mol. The lowest BCUT2D eigenvalue weighted by Crippen LogP contribution is -2.50. The third-order valence-corrected chi connectivity index (χ3v) is 8.37. The molecule has 0 radical (unpaired) electrons. The normalized spacial score (nSPS) is 16.1. The molecule has 0 saturated carbocycles. The zero-order valence-corrected chi connectivity index (χ0v) is 24.3. The van der Waals surface area contributed by atoms with Crippen LogP contribution in [-0.2, 0) is 29.0 Å². The van der Waals surface area contributed by atoms with Gasteiger partial charge >= 0.3 is 5.69 Å². The molecule has 0 unspecified atom stereocenters. The topological polar surface area (TPSA) is 93.8 Å². The number of rotatable bonds is 6. The number of para-hydroxylation sites is 1. The number of methoxy groups -OCH3 is 1. The van der Waals surface area contributed by atoms with E-state index in [1.54, 1.807) is 31.9 Å². The number of amides is 2. The van der Waals surface area contributed by atoms with E-state index in [0.717, 1.165) is 17.5 Å². The van der Waals surface area contributed by atoms with Crippen LogP contribution in [-0.4, -0.2) is 63.5 Å². The summed E-state index contributed by atoms with van der Waals surface area (Å²) >= 11 is 0. The van der Waals surface area contributed by atoms with Gasteiger partial charge in [0.25, 0.3) is 5.56 Å². The van der Waals surface area contributed by atoms with E-state index >= 15 is 0 Å². The highest BCUT2D eigenvalue weighted by molar-refractivity contribution is 5.80. The van der Waals surface area contributed by atoms with Gasteiger partial charge in [0.1, 0.15) is 12.3 Å². The minimum atomic E-state index is -0.515. The molecule has 2 aromatic carbocycles. The fraction of sp³-hybridized carbons (Fsp3) is 0.438. The van der Waals surface area contributed by atoms with E-state index in [4.69, 9.17) is 4.74 Å². The third kappa shape index (κ3) is 5.58. The monoisotopic (exact) mass is 558 g/mol. The Balaban J connectivity index is 1.33. The Bertz CT molecular complexity index is 1580. The predicted molar refractivity (Wildman–Crippen MR) is 157 cm³/mol. The molecule has 5 rings (SSSR count). The molecule has 9 nitrogen and oxygen atoms in total. The summed E-state index contributed by atoms with van der Waals surface area (Å²) in [6.45, 7) is 6.99. The van der Waals surface area contributed by atoms with Crippen molar-refractivity contribution in [3.63, 3.8) is 0 Å². The van der Waals surface area contributed by atoms with Crippen LogP contribution >= 0.6 is 0 Å². The van der Waals surface area contributed by atoms with Crippen LogP contribution in [0, 0.1) is 6.92 Å². The molecule has 9 heteroatoms. The van der Waals surface area contributed by atoms with E-state index in [9.17, 15) is 19.2 Å². The van der Waals surface area contributed by atoms with E-state index in [2.05, 4.69) is 6.07 Å². The lowest BCUT2D eigenvalue weighted by Gasteiger charge is -2.38. The maximum Gasteiger partial charge on any atom is 0.331 e. The molecule has 0 bridgehead atoms. The van der Waals surface area contributed by atoms with Crippen molar-refractivity contribution in [1.82, 2.24) is 18.9 Å². The number of benzene rings is 2. The van der Waals surface area contributed by atoms with Crippen LogP contribution in [0.3, 0.4) is 0 Å². The lowest BCUT2D eigenvalue weighted by atomic mass is 10.0. The summed E-state index contributed by atoms with van der Waals surface area (Å²) in [6.07, 6.45) is 4.13. The molecule has 1 aromatic heterocycles. The summed E-state index contributed by atoms with van der Waals surface area (Å²) in [7, 11) is 1.55. The van der Waals surface area contributed by atoms with Crippen LogP contribution in [0.2, 0.25) is 0 Å². The molecule has 1 saturated heterocycles. The van der Waals surface area contributed by atoms with Crippen LogP contribution in [0.25, 0.3) is 11.1 Å². The molecular weight excluding hydrogens is 520 g/mol. The van der Waals surface area contributed by atoms with Crippen molar-refractivity contribution in [2.75, 3.05) is 26.7 Å². The van der Waals surface area contributed by atoms with E-state index in [1.165, 1.54) is 20.9 Å². The van der Waals surface area contributed by atoms with Crippen LogP contribution in [0.5, 0.6) is 5.75 Å². The molecular formula is C32H38N4O5. The highest BCUT2D eigenvalue weighted by Gasteiger charge is 2.31. The Hall–Kier alpha value is -4.14. The molecule has 41 heavy (non-hydrogen) atoms. The zero-order valence-electron chi connectivity index (χ0n) is 24.3. The van der Waals surface area contributed by atoms with Crippen LogP contribution < -0.4 is 16.0 Å². The van der Waals surface area contributed by atoms with Gasteiger partial charge in [0.15, 0.2) is 0 Å². The van der Waals surface area contributed by atoms with Gasteiger partial charge in [-0.15, -0.1) is 0 Å². The lowest BCUT2D eigenvalue weighted by molar-refractivity contribution is -0.136. The van der Waals surface area contributed by atoms with Gasteiger partial charge in [0.05, 0.1) is 19.1 Å². The number of carbonyl (C=O) groups is 2. The number of nitrogens with zero attached hydrogens (tertiary/aromatic N) is 4. The second kappa shape index (κ2) is 11.8. The number of fused-ring (bicyclic) bond motifs is 1. The van der Waals surface area contributed by atoms with Crippen LogP contribution in [0.15, 0.2) is 58.3 Å². The van der Waals surface area contributed by atoms with Crippen molar-refractivity contribution in [2.45, 2.75) is 65.1 Å². The molecule has 1 fully saturated rings. The molecule has 0 N–H and O–H groups in total. The molecule has 3 aromatic rings. The fourth-order valence-corrected chi connectivity index (χ4v) is 6.17. The van der Waals surface area contributed by atoms with E-state index in [1.807, 2.05) is 42.2 Å². The molecule has 2 amide bonds. The molecule has 0 aliphatic carbocycles. The highest BCUT2D eigenvalue weighted by Crippen LogP contribution is 2.31. The standard InChI is InChI=1S/C32H38N4O5/c1-21(2)36-31(39)27(26-11-7-8-22(3)30(26)41-4)19-34(32(36)40)20-29(38)33-15-13-25(14-16-33)35-17-12-23-9-5-6-10-24(23)18-28(35)37/h5-11,19,21,25H,12-18,20H2,1-4H3. The summed E-state index contributed by atoms with van der Waals surface area (Å²) in [4.78, 5) is 57.0. The first-order chi connectivity index (χ1) is 19.7. The minimum absolute atomic E-state index is 0.0896. The second-order valence-corrected chi connectivity index (χ2v) is 11.3. The Morgan fingerprint density at radius 1 is 0.951 bits per heavy atom. The molecule has 2 aliphatic rings. The van der Waals surface area contributed by atoms with Gasteiger partial charge in [-0.3, -0.25) is 23.5 Å². The number of likely N-dealkylation sites (tertiary alicyclic amines) is 1. The Labute approximate surface area is 240 Å². The van der Waals surface area contributed by atoms with Crippen LogP contribution in [0.1, 0.15) is 49.4 Å². The highest BCUT2D eigenvalue weighted by atomic mass is 16.5. The number of carbonyl (C=O) groups excluding carboxylic acids is 2. The average Bonchev–Trinajstić information content (AvgIpc) is 3.12. The van der Waals surface area contributed by atoms with Crippen molar-refractivity contribution < 1.29 is 14.3 Å². The number of piperidine rings is 1. The number of aryl methyl sites for hydroxylation is 1. The van der Waals surface area contributed by atoms with Gasteiger partial charge in [-0.1, -0.05) is 42.5 Å². The van der Waals surface area contributed by atoms with Gasteiger partial charge in [-0.05, 0) is 56.7 Å². The van der Waals surface area contributed by atoms with Gasteiger partial charge in [-0.25, -0.2) is 4.79 Å². The van der Waals surface area contributed by atoms with E-state index < -0.39 is 11.2 Å². The molecule has 3 heterocycles. The maximum atomic E-state index is 13.4. The van der Waals surface area contributed by atoms with Crippen molar-refractivity contribution >= 4 is 11.8 Å². The van der Waals surface area contributed by atoms with Crippen molar-refractivity contribution in [1.29, 1.82) is 0 Å². The summed E-state index contributed by atoms with van der Waals surface area (Å²) in [5, 5.41) is 0. The van der Waals surface area contributed by atoms with Gasteiger partial charge in [-0.2, -0.15) is 0 Å². The van der Waals surface area contributed by atoms with Crippen molar-refractivity contribution in [3.05, 3.63) is 86.2 Å².